The summed E-state index contributed by atoms with van der Waals surface area (Å²) in [6.45, 7) is 2.25. The number of amides is 1. The van der Waals surface area contributed by atoms with E-state index >= 15 is 0 Å². The lowest BCUT2D eigenvalue weighted by Crippen LogP contribution is -2.42. The van der Waals surface area contributed by atoms with Gasteiger partial charge in [0.15, 0.2) is 5.13 Å². The molecule has 1 aliphatic heterocycles. The summed E-state index contributed by atoms with van der Waals surface area (Å²) in [6, 6.07) is 2.74. The Morgan fingerprint density at radius 2 is 2.12 bits per heavy atom. The molecule has 4 rings (SSSR count). The average Bonchev–Trinajstić information content (AvgIpc) is 3.00. The van der Waals surface area contributed by atoms with Crippen molar-refractivity contribution >= 4 is 43.7 Å². The van der Waals surface area contributed by atoms with E-state index in [1.54, 1.807) is 12.1 Å². The number of thiophene rings is 1. The number of nitrogens with one attached hydrogen (secondary N) is 1. The van der Waals surface area contributed by atoms with Gasteiger partial charge < -0.3 is 5.32 Å². The predicted octanol–water partition coefficient (Wildman–Crippen LogP) is 3.18. The fourth-order valence-electron chi connectivity index (χ4n) is 3.06. The van der Waals surface area contributed by atoms with Crippen molar-refractivity contribution in [2.45, 2.75) is 48.8 Å². The van der Waals surface area contributed by atoms with Crippen LogP contribution in [0.2, 0.25) is 0 Å². The van der Waals surface area contributed by atoms with E-state index in [9.17, 15) is 13.2 Å². The van der Waals surface area contributed by atoms with Gasteiger partial charge in [-0.1, -0.05) is 0 Å². The van der Waals surface area contributed by atoms with E-state index in [1.807, 2.05) is 12.3 Å². The largest absolute Gasteiger partial charge is 0.301 e. The van der Waals surface area contributed by atoms with Crippen LogP contribution in [-0.4, -0.2) is 36.2 Å². The Balaban J connectivity index is 1.51. The molecule has 2 aliphatic rings. The van der Waals surface area contributed by atoms with E-state index in [0.717, 1.165) is 23.4 Å². The molecular formula is C16H19N3O3S3. The molecule has 6 nitrogen and oxygen atoms in total. The molecule has 2 aromatic rings. The summed E-state index contributed by atoms with van der Waals surface area (Å²) in [7, 11) is -3.63. The van der Waals surface area contributed by atoms with Crippen LogP contribution >= 0.6 is 22.7 Å². The number of thiazole rings is 1. The van der Waals surface area contributed by atoms with Gasteiger partial charge in [-0.2, -0.15) is 4.31 Å². The predicted molar refractivity (Wildman–Crippen MR) is 98.7 cm³/mol. The highest BCUT2D eigenvalue weighted by molar-refractivity contribution is 7.91. The lowest BCUT2D eigenvalue weighted by Gasteiger charge is -2.22. The molecule has 1 N–H and O–H groups in total. The zero-order valence-corrected chi connectivity index (χ0v) is 16.2. The van der Waals surface area contributed by atoms with Gasteiger partial charge in [-0.15, -0.1) is 22.7 Å². The summed E-state index contributed by atoms with van der Waals surface area (Å²) in [6.07, 6.45) is 3.54. The van der Waals surface area contributed by atoms with Crippen molar-refractivity contribution in [1.29, 1.82) is 0 Å². The highest BCUT2D eigenvalue weighted by atomic mass is 32.2. The van der Waals surface area contributed by atoms with Crippen molar-refractivity contribution in [3.63, 3.8) is 0 Å². The smallest absolute Gasteiger partial charge is 0.253 e. The van der Waals surface area contributed by atoms with Gasteiger partial charge >= 0.3 is 0 Å². The number of sulfonamides is 1. The number of aryl methyl sites for hydroxylation is 1. The second-order valence-corrected chi connectivity index (χ2v) is 10.7. The number of nitrogens with zero attached hydrogens (tertiary/aromatic N) is 2. The van der Waals surface area contributed by atoms with Crippen molar-refractivity contribution in [3.05, 3.63) is 28.1 Å². The number of aromatic nitrogens is 1. The van der Waals surface area contributed by atoms with Gasteiger partial charge in [0, 0.05) is 22.7 Å². The molecule has 2 fully saturated rings. The van der Waals surface area contributed by atoms with Crippen LogP contribution in [0.15, 0.2) is 21.7 Å². The Hall–Kier alpha value is -1.29. The Bertz CT molecular complexity index is 899. The lowest BCUT2D eigenvalue weighted by atomic mass is 10.2. The monoisotopic (exact) mass is 397 g/mol. The molecule has 25 heavy (non-hydrogen) atoms. The first kappa shape index (κ1) is 17.1. The second-order valence-electron chi connectivity index (χ2n) is 6.48. The van der Waals surface area contributed by atoms with Gasteiger partial charge in [0.2, 0.25) is 5.91 Å². The summed E-state index contributed by atoms with van der Waals surface area (Å²) < 4.78 is 27.4. The standard InChI is InChI=1S/C16H19N3O3S3/c1-10-4-7-14(24-10)25(21,22)19-8-2-3-13(19)15(20)18-16-17-12(9-23-16)11-5-6-11/h4,7,9,11,13H,2-3,5-6,8H2,1H3,(H,17,18,20). The molecule has 2 aromatic heterocycles. The number of carbonyl (C=O) groups is 1. The van der Waals surface area contributed by atoms with Crippen molar-refractivity contribution in [2.24, 2.45) is 0 Å². The van der Waals surface area contributed by atoms with Crippen LogP contribution in [0, 0.1) is 6.92 Å². The molecule has 1 aliphatic carbocycles. The van der Waals surface area contributed by atoms with Crippen LogP contribution in [0.4, 0.5) is 5.13 Å². The number of hydrogen-bond acceptors (Lipinski definition) is 6. The topological polar surface area (TPSA) is 79.4 Å². The van der Waals surface area contributed by atoms with Gasteiger partial charge in [-0.25, -0.2) is 13.4 Å². The molecule has 0 spiro atoms. The van der Waals surface area contributed by atoms with Gasteiger partial charge in [0.1, 0.15) is 10.3 Å². The van der Waals surface area contributed by atoms with Crippen LogP contribution in [0.3, 0.4) is 0 Å². The lowest BCUT2D eigenvalue weighted by molar-refractivity contribution is -0.119. The maximum absolute atomic E-state index is 12.9. The molecule has 0 aromatic carbocycles. The fraction of sp³-hybridized carbons (Fsp3) is 0.500. The van der Waals surface area contributed by atoms with Gasteiger partial charge in [0.05, 0.1) is 5.69 Å². The molecule has 3 heterocycles. The average molecular weight is 398 g/mol. The maximum atomic E-state index is 12.9. The minimum Gasteiger partial charge on any atom is -0.301 e. The maximum Gasteiger partial charge on any atom is 0.253 e. The van der Waals surface area contributed by atoms with Crippen molar-refractivity contribution in [1.82, 2.24) is 9.29 Å². The Kier molecular flexibility index (Phi) is 4.43. The summed E-state index contributed by atoms with van der Waals surface area (Å²) in [5.74, 6) is 0.248. The Labute approximate surface area is 154 Å². The first-order chi connectivity index (χ1) is 11.9. The molecule has 0 bridgehead atoms. The molecule has 0 radical (unpaired) electrons. The minimum atomic E-state index is -3.63. The summed E-state index contributed by atoms with van der Waals surface area (Å²) in [5, 5.41) is 5.35. The van der Waals surface area contributed by atoms with Crippen molar-refractivity contribution < 1.29 is 13.2 Å². The van der Waals surface area contributed by atoms with Crippen LogP contribution in [0.1, 0.15) is 42.2 Å². The van der Waals surface area contributed by atoms with E-state index in [-0.39, 0.29) is 5.91 Å². The van der Waals surface area contributed by atoms with Gasteiger partial charge in [-0.05, 0) is 44.7 Å². The molecule has 134 valence electrons. The third-order valence-electron chi connectivity index (χ3n) is 4.53. The number of carbonyl (C=O) groups excluding carboxylic acids is 1. The van der Waals surface area contributed by atoms with E-state index in [2.05, 4.69) is 10.3 Å². The normalized spacial score (nSPS) is 21.6. The Morgan fingerprint density at radius 3 is 2.80 bits per heavy atom. The molecular weight excluding hydrogens is 378 g/mol. The Morgan fingerprint density at radius 1 is 1.32 bits per heavy atom. The number of rotatable bonds is 5. The van der Waals surface area contributed by atoms with Gasteiger partial charge in [0.25, 0.3) is 10.0 Å². The van der Waals surface area contributed by atoms with Gasteiger partial charge in [-0.3, -0.25) is 4.79 Å². The molecule has 1 unspecified atom stereocenters. The second kappa shape index (κ2) is 6.46. The molecule has 1 saturated heterocycles. The van der Waals surface area contributed by atoms with E-state index in [0.29, 0.717) is 34.6 Å². The first-order valence-corrected chi connectivity index (χ1v) is 11.4. The summed E-state index contributed by atoms with van der Waals surface area (Å²) in [5.41, 5.74) is 1.03. The summed E-state index contributed by atoms with van der Waals surface area (Å²) >= 11 is 2.65. The molecule has 1 amide bonds. The van der Waals surface area contributed by atoms with Crippen LogP contribution in [-0.2, 0) is 14.8 Å². The zero-order chi connectivity index (χ0) is 17.6. The third kappa shape index (κ3) is 3.38. The van der Waals surface area contributed by atoms with Crippen molar-refractivity contribution in [2.75, 3.05) is 11.9 Å². The SMILES string of the molecule is Cc1ccc(S(=O)(=O)N2CCCC2C(=O)Nc2nc(C3CC3)cs2)s1. The summed E-state index contributed by atoms with van der Waals surface area (Å²) in [4.78, 5) is 18.0. The highest BCUT2D eigenvalue weighted by Crippen LogP contribution is 2.41. The zero-order valence-electron chi connectivity index (χ0n) is 13.8. The highest BCUT2D eigenvalue weighted by Gasteiger charge is 2.40. The number of hydrogen-bond donors (Lipinski definition) is 1. The van der Waals surface area contributed by atoms with Crippen LogP contribution < -0.4 is 5.32 Å². The first-order valence-electron chi connectivity index (χ1n) is 8.30. The molecule has 9 heteroatoms. The van der Waals surface area contributed by atoms with E-state index in [4.69, 9.17) is 0 Å². The number of anilines is 1. The quantitative estimate of drug-likeness (QED) is 0.840. The van der Waals surface area contributed by atoms with Crippen LogP contribution in [0.25, 0.3) is 0 Å². The molecule has 1 saturated carbocycles. The minimum absolute atomic E-state index is 0.286. The third-order valence-corrected chi connectivity index (χ3v) is 8.68. The van der Waals surface area contributed by atoms with E-state index < -0.39 is 16.1 Å². The fourth-order valence-corrected chi connectivity index (χ4v) is 6.92. The molecule has 1 atom stereocenters. The van der Waals surface area contributed by atoms with Crippen molar-refractivity contribution in [3.8, 4) is 0 Å². The van der Waals surface area contributed by atoms with Crippen LogP contribution in [0.5, 0.6) is 0 Å². The van der Waals surface area contributed by atoms with E-state index in [1.165, 1.54) is 27.0 Å².